The molecule has 1 aromatic carbocycles. The maximum atomic E-state index is 12.0. The van der Waals surface area contributed by atoms with Crippen LogP contribution in [0.5, 0.6) is 0 Å². The van der Waals surface area contributed by atoms with Crippen LogP contribution in [0, 0.1) is 6.92 Å². The summed E-state index contributed by atoms with van der Waals surface area (Å²) in [5, 5.41) is 0. The molecule has 1 aliphatic heterocycles. The molecule has 0 aliphatic carbocycles. The van der Waals surface area contributed by atoms with E-state index >= 15 is 0 Å². The summed E-state index contributed by atoms with van der Waals surface area (Å²) in [7, 11) is 1.73. The molecule has 2 N–H and O–H groups in total. The van der Waals surface area contributed by atoms with Crippen LogP contribution in [-0.4, -0.2) is 32.0 Å². The van der Waals surface area contributed by atoms with Crippen LogP contribution < -0.4 is 15.5 Å². The van der Waals surface area contributed by atoms with E-state index in [9.17, 15) is 9.59 Å². The first-order valence-corrected chi connectivity index (χ1v) is 6.82. The van der Waals surface area contributed by atoms with Gasteiger partial charge in [0, 0.05) is 24.5 Å². The van der Waals surface area contributed by atoms with Crippen molar-refractivity contribution in [3.8, 4) is 0 Å². The number of halogens is 1. The van der Waals surface area contributed by atoms with Gasteiger partial charge in [-0.1, -0.05) is 15.9 Å². The van der Waals surface area contributed by atoms with Gasteiger partial charge in [0.2, 0.25) is 11.8 Å². The summed E-state index contributed by atoms with van der Waals surface area (Å²) in [6, 6.07) is 3.78. The van der Waals surface area contributed by atoms with Crippen molar-refractivity contribution >= 4 is 39.1 Å². The molecule has 0 unspecified atom stereocenters. The molecule has 0 fully saturated rings. The summed E-state index contributed by atoms with van der Waals surface area (Å²) in [5.41, 5.74) is 7.90. The van der Waals surface area contributed by atoms with E-state index in [1.54, 1.807) is 16.8 Å². The van der Waals surface area contributed by atoms with Gasteiger partial charge in [-0.15, -0.1) is 0 Å². The Labute approximate surface area is 120 Å². The number of rotatable bonds is 1. The number of benzene rings is 1. The monoisotopic (exact) mass is 325 g/mol. The molecule has 0 spiro atoms. The molecule has 0 saturated carbocycles. The Kier molecular flexibility index (Phi) is 3.91. The minimum absolute atomic E-state index is 0.00827. The van der Waals surface area contributed by atoms with E-state index in [4.69, 9.17) is 5.73 Å². The first-order chi connectivity index (χ1) is 8.95. The highest BCUT2D eigenvalue weighted by Gasteiger charge is 2.28. The topological polar surface area (TPSA) is 66.6 Å². The number of anilines is 2. The van der Waals surface area contributed by atoms with Gasteiger partial charge in [-0.25, -0.2) is 0 Å². The SMILES string of the molecule is Cc1cc(Br)cc2c1N(C(=O)CN)CCC(=O)N2C. The zero-order valence-electron chi connectivity index (χ0n) is 10.9. The lowest BCUT2D eigenvalue weighted by atomic mass is 10.1. The average molecular weight is 326 g/mol. The molecule has 1 aromatic rings. The van der Waals surface area contributed by atoms with Gasteiger partial charge < -0.3 is 15.5 Å². The van der Waals surface area contributed by atoms with Crippen molar-refractivity contribution in [2.75, 3.05) is 29.9 Å². The van der Waals surface area contributed by atoms with Crippen molar-refractivity contribution in [3.63, 3.8) is 0 Å². The lowest BCUT2D eigenvalue weighted by Gasteiger charge is -2.25. The summed E-state index contributed by atoms with van der Waals surface area (Å²) in [4.78, 5) is 27.2. The maximum Gasteiger partial charge on any atom is 0.240 e. The Bertz CT molecular complexity index is 545. The lowest BCUT2D eigenvalue weighted by Crippen LogP contribution is -2.37. The molecule has 0 saturated heterocycles. The molecule has 2 amide bonds. The summed E-state index contributed by atoms with van der Waals surface area (Å²) in [6.07, 6.45) is 0.300. The van der Waals surface area contributed by atoms with Crippen molar-refractivity contribution < 1.29 is 9.59 Å². The molecular formula is C13H16BrN3O2. The molecule has 2 rings (SSSR count). The van der Waals surface area contributed by atoms with Crippen LogP contribution in [0.3, 0.4) is 0 Å². The molecule has 0 radical (unpaired) electrons. The zero-order chi connectivity index (χ0) is 14.2. The number of nitrogens with zero attached hydrogens (tertiary/aromatic N) is 2. The van der Waals surface area contributed by atoms with E-state index < -0.39 is 0 Å². The second kappa shape index (κ2) is 5.30. The minimum Gasteiger partial charge on any atom is -0.322 e. The van der Waals surface area contributed by atoms with E-state index in [0.29, 0.717) is 13.0 Å². The van der Waals surface area contributed by atoms with E-state index in [-0.39, 0.29) is 18.4 Å². The third-order valence-electron chi connectivity index (χ3n) is 3.28. The summed E-state index contributed by atoms with van der Waals surface area (Å²) in [5.74, 6) is -0.180. The Morgan fingerprint density at radius 2 is 2.16 bits per heavy atom. The third kappa shape index (κ3) is 2.50. The predicted octanol–water partition coefficient (Wildman–Crippen LogP) is 1.42. The van der Waals surface area contributed by atoms with Crippen LogP contribution >= 0.6 is 15.9 Å². The fourth-order valence-electron chi connectivity index (χ4n) is 2.31. The zero-order valence-corrected chi connectivity index (χ0v) is 12.5. The van der Waals surface area contributed by atoms with Gasteiger partial charge in [0.25, 0.3) is 0 Å². The van der Waals surface area contributed by atoms with E-state index in [1.807, 2.05) is 19.1 Å². The molecule has 6 heteroatoms. The van der Waals surface area contributed by atoms with Crippen LogP contribution in [0.15, 0.2) is 16.6 Å². The van der Waals surface area contributed by atoms with Gasteiger partial charge in [0.1, 0.15) is 0 Å². The van der Waals surface area contributed by atoms with Crippen LogP contribution in [0.2, 0.25) is 0 Å². The lowest BCUT2D eigenvalue weighted by molar-refractivity contribution is -0.118. The van der Waals surface area contributed by atoms with Crippen LogP contribution in [-0.2, 0) is 9.59 Å². The summed E-state index contributed by atoms with van der Waals surface area (Å²) < 4.78 is 0.880. The van der Waals surface area contributed by atoms with Gasteiger partial charge >= 0.3 is 0 Å². The normalized spacial score (nSPS) is 15.3. The summed E-state index contributed by atoms with van der Waals surface area (Å²) in [6.45, 7) is 2.23. The molecule has 0 bridgehead atoms. The number of fused-ring (bicyclic) bond motifs is 1. The molecule has 0 atom stereocenters. The smallest absolute Gasteiger partial charge is 0.240 e. The number of amides is 2. The highest BCUT2D eigenvalue weighted by Crippen LogP contribution is 2.37. The van der Waals surface area contributed by atoms with Crippen LogP contribution in [0.25, 0.3) is 0 Å². The molecule has 1 aliphatic rings. The van der Waals surface area contributed by atoms with Gasteiger partial charge in [0.15, 0.2) is 0 Å². The Hall–Kier alpha value is -1.40. The van der Waals surface area contributed by atoms with Gasteiger partial charge in [0.05, 0.1) is 17.9 Å². The van der Waals surface area contributed by atoms with Crippen molar-refractivity contribution in [1.29, 1.82) is 0 Å². The molecule has 1 heterocycles. The molecule has 5 nitrogen and oxygen atoms in total. The molecular weight excluding hydrogens is 310 g/mol. The molecule has 19 heavy (non-hydrogen) atoms. The van der Waals surface area contributed by atoms with Crippen LogP contribution in [0.4, 0.5) is 11.4 Å². The fourth-order valence-corrected chi connectivity index (χ4v) is 2.87. The fraction of sp³-hybridized carbons (Fsp3) is 0.385. The Balaban J connectivity index is 2.64. The van der Waals surface area contributed by atoms with Crippen molar-refractivity contribution in [2.45, 2.75) is 13.3 Å². The highest BCUT2D eigenvalue weighted by atomic mass is 79.9. The standard InChI is InChI=1S/C13H16BrN3O2/c1-8-5-9(14)6-10-13(8)17(12(19)7-15)4-3-11(18)16(10)2/h5-6H,3-4,7,15H2,1-2H3. The van der Waals surface area contributed by atoms with Gasteiger partial charge in [-0.3, -0.25) is 9.59 Å². The van der Waals surface area contributed by atoms with Gasteiger partial charge in [-0.2, -0.15) is 0 Å². The molecule has 102 valence electrons. The third-order valence-corrected chi connectivity index (χ3v) is 3.73. The van der Waals surface area contributed by atoms with E-state index in [2.05, 4.69) is 15.9 Å². The summed E-state index contributed by atoms with van der Waals surface area (Å²) >= 11 is 3.42. The van der Waals surface area contributed by atoms with E-state index in [1.165, 1.54) is 0 Å². The number of nitrogens with two attached hydrogens (primary N) is 1. The number of hydrogen-bond donors (Lipinski definition) is 1. The van der Waals surface area contributed by atoms with Crippen molar-refractivity contribution in [3.05, 3.63) is 22.2 Å². The Morgan fingerprint density at radius 1 is 1.47 bits per heavy atom. The first-order valence-electron chi connectivity index (χ1n) is 6.03. The predicted molar refractivity (Wildman–Crippen MR) is 78.3 cm³/mol. The maximum absolute atomic E-state index is 12.0. The van der Waals surface area contributed by atoms with Crippen molar-refractivity contribution in [1.82, 2.24) is 0 Å². The molecule has 0 aromatic heterocycles. The highest BCUT2D eigenvalue weighted by molar-refractivity contribution is 9.10. The number of carbonyl (C=O) groups is 2. The second-order valence-corrected chi connectivity index (χ2v) is 5.46. The quantitative estimate of drug-likeness (QED) is 0.849. The minimum atomic E-state index is -0.172. The van der Waals surface area contributed by atoms with Gasteiger partial charge in [-0.05, 0) is 24.6 Å². The second-order valence-electron chi connectivity index (χ2n) is 4.54. The number of carbonyl (C=O) groups excluding carboxylic acids is 2. The average Bonchev–Trinajstić information content (AvgIpc) is 2.49. The van der Waals surface area contributed by atoms with Crippen LogP contribution in [0.1, 0.15) is 12.0 Å². The first kappa shape index (κ1) is 14.0. The number of aryl methyl sites for hydroxylation is 1. The Morgan fingerprint density at radius 3 is 2.79 bits per heavy atom. The number of hydrogen-bond acceptors (Lipinski definition) is 3. The van der Waals surface area contributed by atoms with Crippen molar-refractivity contribution in [2.24, 2.45) is 5.73 Å². The largest absolute Gasteiger partial charge is 0.322 e. The van der Waals surface area contributed by atoms with E-state index in [0.717, 1.165) is 21.4 Å².